The number of methoxy groups -OCH3 is 2. The number of aliphatic carboxylic acids is 1. The van der Waals surface area contributed by atoms with Gasteiger partial charge >= 0.3 is 12.1 Å². The van der Waals surface area contributed by atoms with Crippen molar-refractivity contribution in [1.82, 2.24) is 4.90 Å². The number of nitro benzene ring substituents is 1. The largest absolute Gasteiger partial charge is 0.490 e. The van der Waals surface area contributed by atoms with E-state index >= 15 is 0 Å². The molecule has 1 aromatic carbocycles. The third-order valence-electron chi connectivity index (χ3n) is 3.02. The third kappa shape index (κ3) is 10.6. The molecule has 0 amide bonds. The first-order valence-electron chi connectivity index (χ1n) is 7.35. The van der Waals surface area contributed by atoms with E-state index in [-0.39, 0.29) is 5.69 Å². The zero-order valence-electron chi connectivity index (χ0n) is 14.4. The van der Waals surface area contributed by atoms with E-state index in [9.17, 15) is 23.3 Å². The minimum absolute atomic E-state index is 0.115. The molecule has 148 valence electrons. The van der Waals surface area contributed by atoms with Crippen molar-refractivity contribution in [3.8, 4) is 0 Å². The molecular weight excluding hydrogens is 361 g/mol. The van der Waals surface area contributed by atoms with Crippen LogP contribution in [0.1, 0.15) is 5.56 Å². The van der Waals surface area contributed by atoms with Crippen molar-refractivity contribution in [1.29, 1.82) is 0 Å². The number of halogens is 3. The number of ether oxygens (including phenoxy) is 2. The van der Waals surface area contributed by atoms with E-state index in [4.69, 9.17) is 19.4 Å². The van der Waals surface area contributed by atoms with Gasteiger partial charge in [0.05, 0.1) is 18.1 Å². The molecule has 8 nitrogen and oxygen atoms in total. The molecule has 0 aliphatic rings. The predicted molar refractivity (Wildman–Crippen MR) is 85.8 cm³/mol. The van der Waals surface area contributed by atoms with Gasteiger partial charge in [0.1, 0.15) is 0 Å². The number of carboxylic acid groups (broad SMARTS) is 1. The molecule has 1 aromatic rings. The average molecular weight is 382 g/mol. The molecule has 1 N–H and O–H groups in total. The Kier molecular flexibility index (Phi) is 11.1. The number of benzene rings is 1. The second-order valence-corrected chi connectivity index (χ2v) is 4.99. The Morgan fingerprint density at radius 2 is 1.58 bits per heavy atom. The van der Waals surface area contributed by atoms with Crippen molar-refractivity contribution in [2.75, 3.05) is 40.5 Å². The van der Waals surface area contributed by atoms with E-state index in [2.05, 4.69) is 4.90 Å². The molecule has 0 atom stereocenters. The summed E-state index contributed by atoms with van der Waals surface area (Å²) in [6.45, 7) is 3.63. The van der Waals surface area contributed by atoms with Crippen LogP contribution in [0.2, 0.25) is 0 Å². The van der Waals surface area contributed by atoms with Gasteiger partial charge in [-0.1, -0.05) is 12.1 Å². The SMILES string of the molecule is COCCN(CCOC)Cc1ccc([N+](=O)[O-])cc1.O=C(O)C(F)(F)F. The van der Waals surface area contributed by atoms with Crippen LogP contribution >= 0.6 is 0 Å². The minimum atomic E-state index is -5.08. The number of carboxylic acids is 1. The van der Waals surface area contributed by atoms with Gasteiger partial charge in [-0.3, -0.25) is 15.0 Å². The zero-order valence-corrected chi connectivity index (χ0v) is 14.4. The van der Waals surface area contributed by atoms with E-state index in [1.807, 2.05) is 0 Å². The zero-order chi connectivity index (χ0) is 20.2. The first kappa shape index (κ1) is 23.8. The van der Waals surface area contributed by atoms with Gasteiger partial charge in [-0.05, 0) is 5.56 Å². The summed E-state index contributed by atoms with van der Waals surface area (Å²) in [6, 6.07) is 6.62. The number of nitrogens with zero attached hydrogens (tertiary/aromatic N) is 2. The third-order valence-corrected chi connectivity index (χ3v) is 3.02. The Balaban J connectivity index is 0.000000758. The molecule has 11 heteroatoms. The fourth-order valence-electron chi connectivity index (χ4n) is 1.69. The fraction of sp³-hybridized carbons (Fsp3) is 0.533. The molecule has 0 aliphatic heterocycles. The summed E-state index contributed by atoms with van der Waals surface area (Å²) in [5.41, 5.74) is 1.15. The van der Waals surface area contributed by atoms with Crippen LogP contribution in [0.25, 0.3) is 0 Å². The monoisotopic (exact) mass is 382 g/mol. The maximum atomic E-state index is 10.6. The van der Waals surface area contributed by atoms with E-state index in [0.29, 0.717) is 13.2 Å². The number of alkyl halides is 3. The second-order valence-electron chi connectivity index (χ2n) is 4.99. The summed E-state index contributed by atoms with van der Waals surface area (Å²) in [5, 5.41) is 17.7. The van der Waals surface area contributed by atoms with Crippen LogP contribution in [0, 0.1) is 10.1 Å². The summed E-state index contributed by atoms with van der Waals surface area (Å²) >= 11 is 0. The van der Waals surface area contributed by atoms with E-state index in [1.165, 1.54) is 12.1 Å². The van der Waals surface area contributed by atoms with Gasteiger partial charge in [0, 0.05) is 46.0 Å². The lowest BCUT2D eigenvalue weighted by Crippen LogP contribution is -2.30. The maximum absolute atomic E-state index is 10.6. The predicted octanol–water partition coefficient (Wildman–Crippen LogP) is 2.32. The normalized spacial score (nSPS) is 11.0. The van der Waals surface area contributed by atoms with Crippen LogP contribution in [0.4, 0.5) is 18.9 Å². The van der Waals surface area contributed by atoms with Crippen molar-refractivity contribution in [3.63, 3.8) is 0 Å². The van der Waals surface area contributed by atoms with Crippen molar-refractivity contribution >= 4 is 11.7 Å². The number of non-ortho nitro benzene ring substituents is 1. The van der Waals surface area contributed by atoms with Gasteiger partial charge < -0.3 is 14.6 Å². The summed E-state index contributed by atoms with van der Waals surface area (Å²) < 4.78 is 41.9. The number of rotatable bonds is 9. The quantitative estimate of drug-likeness (QED) is 0.516. The van der Waals surface area contributed by atoms with Gasteiger partial charge in [0.25, 0.3) is 5.69 Å². The maximum Gasteiger partial charge on any atom is 0.490 e. The fourth-order valence-corrected chi connectivity index (χ4v) is 1.69. The van der Waals surface area contributed by atoms with Crippen molar-refractivity contribution in [2.24, 2.45) is 0 Å². The van der Waals surface area contributed by atoms with Gasteiger partial charge in [-0.25, -0.2) is 4.79 Å². The lowest BCUT2D eigenvalue weighted by molar-refractivity contribution is -0.384. The molecule has 0 spiro atoms. The van der Waals surface area contributed by atoms with Gasteiger partial charge in [-0.2, -0.15) is 13.2 Å². The van der Waals surface area contributed by atoms with Crippen molar-refractivity contribution in [3.05, 3.63) is 39.9 Å². The van der Waals surface area contributed by atoms with E-state index < -0.39 is 17.1 Å². The van der Waals surface area contributed by atoms with Crippen molar-refractivity contribution in [2.45, 2.75) is 12.7 Å². The lowest BCUT2D eigenvalue weighted by atomic mass is 10.2. The Bertz CT molecular complexity index is 543. The summed E-state index contributed by atoms with van der Waals surface area (Å²) in [7, 11) is 3.33. The molecule has 26 heavy (non-hydrogen) atoms. The van der Waals surface area contributed by atoms with Crippen LogP contribution in [-0.4, -0.2) is 67.6 Å². The van der Waals surface area contributed by atoms with Crippen LogP contribution in [0.15, 0.2) is 24.3 Å². The van der Waals surface area contributed by atoms with E-state index in [0.717, 1.165) is 25.2 Å². The highest BCUT2D eigenvalue weighted by Crippen LogP contribution is 2.14. The summed E-state index contributed by atoms with van der Waals surface area (Å²) in [5.74, 6) is -2.76. The number of carbonyl (C=O) groups is 1. The lowest BCUT2D eigenvalue weighted by Gasteiger charge is -2.21. The van der Waals surface area contributed by atoms with Crippen molar-refractivity contribution < 1.29 is 37.5 Å². The van der Waals surface area contributed by atoms with Gasteiger partial charge in [-0.15, -0.1) is 0 Å². The van der Waals surface area contributed by atoms with Gasteiger partial charge in [0.15, 0.2) is 0 Å². The highest BCUT2D eigenvalue weighted by Gasteiger charge is 2.38. The molecule has 0 radical (unpaired) electrons. The molecule has 1 rings (SSSR count). The first-order valence-corrected chi connectivity index (χ1v) is 7.35. The molecule has 0 heterocycles. The molecule has 0 aromatic heterocycles. The van der Waals surface area contributed by atoms with Crippen LogP contribution in [0.3, 0.4) is 0 Å². The van der Waals surface area contributed by atoms with Crippen LogP contribution < -0.4 is 0 Å². The molecule has 0 aliphatic carbocycles. The Morgan fingerprint density at radius 3 is 1.88 bits per heavy atom. The number of hydrogen-bond donors (Lipinski definition) is 1. The number of hydrogen-bond acceptors (Lipinski definition) is 6. The molecule has 0 fully saturated rings. The van der Waals surface area contributed by atoms with Gasteiger partial charge in [0.2, 0.25) is 0 Å². The molecule has 0 unspecified atom stereocenters. The first-order chi connectivity index (χ1) is 12.1. The topological polar surface area (TPSA) is 102 Å². The number of nitro groups is 1. The molecule has 0 bridgehead atoms. The average Bonchev–Trinajstić information content (AvgIpc) is 2.57. The summed E-state index contributed by atoms with van der Waals surface area (Å²) in [6.07, 6.45) is -5.08. The smallest absolute Gasteiger partial charge is 0.475 e. The molecule has 0 saturated carbocycles. The highest BCUT2D eigenvalue weighted by atomic mass is 19.4. The van der Waals surface area contributed by atoms with E-state index in [1.54, 1.807) is 26.4 Å². The Hall–Kier alpha value is -2.24. The van der Waals surface area contributed by atoms with Crippen LogP contribution in [0.5, 0.6) is 0 Å². The second kappa shape index (κ2) is 12.2. The summed E-state index contributed by atoms with van der Waals surface area (Å²) in [4.78, 5) is 21.3. The standard InChI is InChI=1S/C13H20N2O4.C2HF3O2/c1-18-9-7-14(8-10-19-2)11-12-3-5-13(6-4-12)15(16)17;3-2(4,5)1(6)7/h3-6H,7-11H2,1-2H3;(H,6,7). The van der Waals surface area contributed by atoms with Crippen LogP contribution in [-0.2, 0) is 20.8 Å². The molecular formula is C15H21F3N2O6. The minimum Gasteiger partial charge on any atom is -0.475 e. The Labute approximate surface area is 148 Å². The highest BCUT2D eigenvalue weighted by molar-refractivity contribution is 5.73. The Morgan fingerprint density at radius 1 is 1.15 bits per heavy atom. The molecule has 0 saturated heterocycles.